The van der Waals surface area contributed by atoms with Gasteiger partial charge in [0, 0.05) is 18.7 Å². The Balaban J connectivity index is 0.00000242. The molecule has 22 heavy (non-hydrogen) atoms. The average molecular weight is 326 g/mol. The van der Waals surface area contributed by atoms with Gasteiger partial charge in [-0.2, -0.15) is 0 Å². The molecule has 2 amide bonds. The zero-order chi connectivity index (χ0) is 15.1. The van der Waals surface area contributed by atoms with Crippen LogP contribution in [0, 0.1) is 0 Å². The standard InChI is InChI=1S/C16H23N3O2.ClH/c1-2-4-15(20)19-13-8-6-12(7-9-13)11-18-16(21)14-5-3-10-17-14;/h6-9,14,17H,2-5,10-11H2,1H3,(H,18,21)(H,19,20);1H. The lowest BCUT2D eigenvalue weighted by Crippen LogP contribution is -2.39. The van der Waals surface area contributed by atoms with Crippen LogP contribution in [0.3, 0.4) is 0 Å². The second kappa shape index (κ2) is 9.43. The van der Waals surface area contributed by atoms with Crippen LogP contribution in [0.5, 0.6) is 0 Å². The molecule has 0 spiro atoms. The van der Waals surface area contributed by atoms with Gasteiger partial charge in [0.05, 0.1) is 6.04 Å². The van der Waals surface area contributed by atoms with Crippen molar-refractivity contribution in [1.29, 1.82) is 0 Å². The van der Waals surface area contributed by atoms with Crippen LogP contribution in [0.4, 0.5) is 5.69 Å². The van der Waals surface area contributed by atoms with Gasteiger partial charge in [0.2, 0.25) is 11.8 Å². The van der Waals surface area contributed by atoms with Gasteiger partial charge in [0.1, 0.15) is 0 Å². The predicted octanol–water partition coefficient (Wildman–Crippen LogP) is 2.22. The van der Waals surface area contributed by atoms with Crippen molar-refractivity contribution in [3.05, 3.63) is 29.8 Å². The molecule has 6 heteroatoms. The van der Waals surface area contributed by atoms with E-state index in [0.29, 0.717) is 13.0 Å². The highest BCUT2D eigenvalue weighted by Gasteiger charge is 2.21. The molecule has 5 nitrogen and oxygen atoms in total. The van der Waals surface area contributed by atoms with Gasteiger partial charge in [0.15, 0.2) is 0 Å². The summed E-state index contributed by atoms with van der Waals surface area (Å²) in [5.41, 5.74) is 1.82. The first-order chi connectivity index (χ1) is 10.2. The molecule has 2 rings (SSSR count). The second-order valence-corrected chi connectivity index (χ2v) is 5.36. The number of carbonyl (C=O) groups excluding carboxylic acids is 2. The minimum atomic E-state index is -0.0439. The van der Waals surface area contributed by atoms with E-state index < -0.39 is 0 Å². The highest BCUT2D eigenvalue weighted by atomic mass is 35.5. The summed E-state index contributed by atoms with van der Waals surface area (Å²) in [4.78, 5) is 23.4. The molecule has 1 aromatic rings. The quantitative estimate of drug-likeness (QED) is 0.751. The smallest absolute Gasteiger partial charge is 0.237 e. The highest BCUT2D eigenvalue weighted by molar-refractivity contribution is 5.90. The molecule has 1 fully saturated rings. The van der Waals surface area contributed by atoms with E-state index in [0.717, 1.165) is 37.1 Å². The van der Waals surface area contributed by atoms with Crippen LogP contribution < -0.4 is 16.0 Å². The Hall–Kier alpha value is -1.59. The van der Waals surface area contributed by atoms with E-state index in [1.807, 2.05) is 31.2 Å². The van der Waals surface area contributed by atoms with Crippen LogP contribution in [0.1, 0.15) is 38.2 Å². The Morgan fingerprint density at radius 2 is 2.00 bits per heavy atom. The number of hydrogen-bond donors (Lipinski definition) is 3. The Bertz CT molecular complexity index is 485. The first kappa shape index (κ1) is 18.5. The lowest BCUT2D eigenvalue weighted by molar-refractivity contribution is -0.123. The summed E-state index contributed by atoms with van der Waals surface area (Å²) in [6.45, 7) is 3.41. The summed E-state index contributed by atoms with van der Waals surface area (Å²) in [6, 6.07) is 7.53. The maximum Gasteiger partial charge on any atom is 0.237 e. The van der Waals surface area contributed by atoms with Crippen molar-refractivity contribution in [2.75, 3.05) is 11.9 Å². The lowest BCUT2D eigenvalue weighted by Gasteiger charge is -2.11. The van der Waals surface area contributed by atoms with Crippen molar-refractivity contribution in [3.63, 3.8) is 0 Å². The van der Waals surface area contributed by atoms with Crippen molar-refractivity contribution in [3.8, 4) is 0 Å². The Labute approximate surface area is 137 Å². The van der Waals surface area contributed by atoms with Gasteiger partial charge < -0.3 is 16.0 Å². The minimum Gasteiger partial charge on any atom is -0.351 e. The SMILES string of the molecule is CCCC(=O)Nc1ccc(CNC(=O)C2CCCN2)cc1.Cl. The fourth-order valence-corrected chi connectivity index (χ4v) is 2.38. The van der Waals surface area contributed by atoms with Crippen molar-refractivity contribution in [1.82, 2.24) is 10.6 Å². The first-order valence-electron chi connectivity index (χ1n) is 7.59. The van der Waals surface area contributed by atoms with Gasteiger partial charge >= 0.3 is 0 Å². The summed E-state index contributed by atoms with van der Waals surface area (Å²) in [6.07, 6.45) is 3.34. The molecule has 1 heterocycles. The number of rotatable bonds is 6. The third kappa shape index (κ3) is 5.66. The van der Waals surface area contributed by atoms with E-state index in [1.54, 1.807) is 0 Å². The maximum absolute atomic E-state index is 11.9. The Kier molecular flexibility index (Phi) is 7.91. The molecule has 1 saturated heterocycles. The summed E-state index contributed by atoms with van der Waals surface area (Å²) >= 11 is 0. The normalized spacial score (nSPS) is 16.7. The highest BCUT2D eigenvalue weighted by Crippen LogP contribution is 2.11. The molecule has 3 N–H and O–H groups in total. The monoisotopic (exact) mass is 325 g/mol. The van der Waals surface area contributed by atoms with E-state index in [-0.39, 0.29) is 30.3 Å². The fraction of sp³-hybridized carbons (Fsp3) is 0.500. The molecule has 0 saturated carbocycles. The maximum atomic E-state index is 11.9. The van der Waals surface area contributed by atoms with E-state index in [2.05, 4.69) is 16.0 Å². The third-order valence-corrected chi connectivity index (χ3v) is 3.56. The van der Waals surface area contributed by atoms with E-state index in [1.165, 1.54) is 0 Å². The van der Waals surface area contributed by atoms with Crippen LogP contribution >= 0.6 is 12.4 Å². The molecule has 0 radical (unpaired) electrons. The van der Waals surface area contributed by atoms with Crippen molar-refractivity contribution >= 4 is 29.9 Å². The van der Waals surface area contributed by atoms with E-state index >= 15 is 0 Å². The topological polar surface area (TPSA) is 70.2 Å². The van der Waals surface area contributed by atoms with Gasteiger partial charge in [0.25, 0.3) is 0 Å². The zero-order valence-corrected chi connectivity index (χ0v) is 13.7. The van der Waals surface area contributed by atoms with Crippen LogP contribution in [-0.4, -0.2) is 24.4 Å². The minimum absolute atomic E-state index is 0. The molecule has 0 aromatic heterocycles. The Morgan fingerprint density at radius 1 is 1.27 bits per heavy atom. The first-order valence-corrected chi connectivity index (χ1v) is 7.59. The molecule has 0 bridgehead atoms. The lowest BCUT2D eigenvalue weighted by atomic mass is 10.2. The number of carbonyl (C=O) groups is 2. The zero-order valence-electron chi connectivity index (χ0n) is 12.9. The number of nitrogens with one attached hydrogen (secondary N) is 3. The summed E-state index contributed by atoms with van der Waals surface area (Å²) in [5.74, 6) is 0.0960. The second-order valence-electron chi connectivity index (χ2n) is 5.36. The van der Waals surface area contributed by atoms with Crippen molar-refractivity contribution < 1.29 is 9.59 Å². The van der Waals surface area contributed by atoms with Gasteiger partial charge in [-0.05, 0) is 43.5 Å². The number of halogens is 1. The largest absolute Gasteiger partial charge is 0.351 e. The van der Waals surface area contributed by atoms with Crippen LogP contribution in [0.2, 0.25) is 0 Å². The van der Waals surface area contributed by atoms with Crippen LogP contribution in [0.15, 0.2) is 24.3 Å². The number of benzene rings is 1. The van der Waals surface area contributed by atoms with E-state index in [4.69, 9.17) is 0 Å². The number of hydrogen-bond acceptors (Lipinski definition) is 3. The van der Waals surface area contributed by atoms with Gasteiger partial charge in [-0.1, -0.05) is 19.1 Å². The number of amides is 2. The Morgan fingerprint density at radius 3 is 2.59 bits per heavy atom. The molecule has 1 aliphatic heterocycles. The molecule has 1 aliphatic rings. The fourth-order valence-electron chi connectivity index (χ4n) is 2.38. The van der Waals surface area contributed by atoms with Crippen LogP contribution in [-0.2, 0) is 16.1 Å². The summed E-state index contributed by atoms with van der Waals surface area (Å²) in [5, 5.41) is 8.95. The average Bonchev–Trinajstić information content (AvgIpc) is 3.01. The van der Waals surface area contributed by atoms with Gasteiger partial charge in [-0.15, -0.1) is 12.4 Å². The predicted molar refractivity (Wildman–Crippen MR) is 90.1 cm³/mol. The van der Waals surface area contributed by atoms with Crippen LogP contribution in [0.25, 0.3) is 0 Å². The van der Waals surface area contributed by atoms with Gasteiger partial charge in [-0.25, -0.2) is 0 Å². The molecule has 0 aliphatic carbocycles. The van der Waals surface area contributed by atoms with E-state index in [9.17, 15) is 9.59 Å². The molecule has 1 atom stereocenters. The molecular formula is C16H24ClN3O2. The third-order valence-electron chi connectivity index (χ3n) is 3.56. The number of anilines is 1. The molecular weight excluding hydrogens is 302 g/mol. The molecule has 122 valence electrons. The van der Waals surface area contributed by atoms with Crippen molar-refractivity contribution in [2.45, 2.75) is 45.2 Å². The summed E-state index contributed by atoms with van der Waals surface area (Å²) < 4.78 is 0. The van der Waals surface area contributed by atoms with Crippen molar-refractivity contribution in [2.24, 2.45) is 0 Å². The molecule has 1 unspecified atom stereocenters. The van der Waals surface area contributed by atoms with Gasteiger partial charge in [-0.3, -0.25) is 9.59 Å². The summed E-state index contributed by atoms with van der Waals surface area (Å²) in [7, 11) is 0. The molecule has 1 aromatic carbocycles.